The summed E-state index contributed by atoms with van der Waals surface area (Å²) in [5.41, 5.74) is 1.40. The van der Waals surface area contributed by atoms with E-state index in [1.807, 2.05) is 0 Å². The molecule has 1 aliphatic rings. The molecule has 7 heteroatoms. The van der Waals surface area contributed by atoms with Crippen LogP contribution in [0, 0.1) is 5.82 Å². The van der Waals surface area contributed by atoms with Gasteiger partial charge in [-0.25, -0.2) is 19.3 Å². The van der Waals surface area contributed by atoms with Crippen LogP contribution in [0.5, 0.6) is 0 Å². The van der Waals surface area contributed by atoms with Crippen molar-refractivity contribution in [2.75, 3.05) is 6.54 Å². The van der Waals surface area contributed by atoms with E-state index in [1.165, 1.54) is 30.9 Å². The molecule has 0 spiro atoms. The van der Waals surface area contributed by atoms with Gasteiger partial charge in [0.25, 0.3) is 5.91 Å². The van der Waals surface area contributed by atoms with Gasteiger partial charge in [-0.15, -0.1) is 0 Å². The van der Waals surface area contributed by atoms with Crippen LogP contribution in [-0.4, -0.2) is 32.3 Å². The van der Waals surface area contributed by atoms with Crippen LogP contribution in [0.4, 0.5) is 4.39 Å². The van der Waals surface area contributed by atoms with Crippen LogP contribution >= 0.6 is 0 Å². The molecule has 26 heavy (non-hydrogen) atoms. The first-order valence-corrected chi connectivity index (χ1v) is 8.46. The lowest BCUT2D eigenvalue weighted by molar-refractivity contribution is 0.0713. The van der Waals surface area contributed by atoms with E-state index < -0.39 is 0 Å². The normalized spacial score (nSPS) is 16.8. The summed E-state index contributed by atoms with van der Waals surface area (Å²) in [6.45, 7) is 0.647. The van der Waals surface area contributed by atoms with Gasteiger partial charge in [-0.2, -0.15) is 0 Å². The predicted molar refractivity (Wildman–Crippen MR) is 90.8 cm³/mol. The minimum absolute atomic E-state index is 0.119. The van der Waals surface area contributed by atoms with Crippen LogP contribution in [-0.2, 0) is 6.42 Å². The molecular weight excluding hydrogens is 335 g/mol. The third-order valence-corrected chi connectivity index (χ3v) is 4.47. The highest BCUT2D eigenvalue weighted by atomic mass is 19.1. The summed E-state index contributed by atoms with van der Waals surface area (Å²) < 4.78 is 18.9. The Hall–Kier alpha value is -3.09. The van der Waals surface area contributed by atoms with Crippen molar-refractivity contribution in [3.63, 3.8) is 0 Å². The number of rotatable bonds is 4. The standard InChI is InChI=1S/C19H17FN4O2/c20-15-5-3-13(4-6-15)8-16-11-23-18(26-16)17-2-1-7-24(17)19(25)14-9-21-12-22-10-14/h3-6,9-12,17H,1-2,7-8H2/t17-/m0/s1. The van der Waals surface area contributed by atoms with Crippen LogP contribution in [0.3, 0.4) is 0 Å². The highest BCUT2D eigenvalue weighted by Gasteiger charge is 2.34. The fourth-order valence-corrected chi connectivity index (χ4v) is 3.20. The first kappa shape index (κ1) is 16.4. The monoisotopic (exact) mass is 352 g/mol. The van der Waals surface area contributed by atoms with Crippen molar-refractivity contribution < 1.29 is 13.6 Å². The van der Waals surface area contributed by atoms with Crippen LogP contribution in [0.2, 0.25) is 0 Å². The topological polar surface area (TPSA) is 72.1 Å². The molecule has 3 heterocycles. The van der Waals surface area contributed by atoms with Crippen molar-refractivity contribution in [2.45, 2.75) is 25.3 Å². The zero-order valence-electron chi connectivity index (χ0n) is 14.0. The lowest BCUT2D eigenvalue weighted by Gasteiger charge is -2.22. The Kier molecular flexibility index (Phi) is 4.43. The molecule has 4 rings (SSSR count). The Morgan fingerprint density at radius 2 is 1.96 bits per heavy atom. The van der Waals surface area contributed by atoms with E-state index >= 15 is 0 Å². The van der Waals surface area contributed by atoms with E-state index in [0.717, 1.165) is 18.4 Å². The summed E-state index contributed by atoms with van der Waals surface area (Å²) in [5.74, 6) is 0.835. The quantitative estimate of drug-likeness (QED) is 0.721. The molecule has 0 saturated carbocycles. The number of carbonyl (C=O) groups is 1. The lowest BCUT2D eigenvalue weighted by atomic mass is 10.1. The third kappa shape index (κ3) is 3.33. The fourth-order valence-electron chi connectivity index (χ4n) is 3.20. The summed E-state index contributed by atoms with van der Waals surface area (Å²) in [6, 6.07) is 6.10. The minimum atomic E-state index is -0.267. The van der Waals surface area contributed by atoms with Gasteiger partial charge < -0.3 is 9.32 Å². The van der Waals surface area contributed by atoms with E-state index in [1.54, 1.807) is 23.2 Å². The number of benzene rings is 1. The maximum Gasteiger partial charge on any atom is 0.257 e. The number of carbonyl (C=O) groups excluding carboxylic acids is 1. The highest BCUT2D eigenvalue weighted by Crippen LogP contribution is 2.33. The molecular formula is C19H17FN4O2. The van der Waals surface area contributed by atoms with Crippen molar-refractivity contribution in [3.8, 4) is 0 Å². The number of halogens is 1. The first-order valence-electron chi connectivity index (χ1n) is 8.46. The van der Waals surface area contributed by atoms with E-state index in [-0.39, 0.29) is 17.8 Å². The van der Waals surface area contributed by atoms with Gasteiger partial charge in [0.05, 0.1) is 11.8 Å². The van der Waals surface area contributed by atoms with Gasteiger partial charge in [0.2, 0.25) is 5.89 Å². The summed E-state index contributed by atoms with van der Waals surface area (Å²) in [5, 5.41) is 0. The van der Waals surface area contributed by atoms with Crippen molar-refractivity contribution in [1.82, 2.24) is 19.9 Å². The van der Waals surface area contributed by atoms with Crippen LogP contribution in [0.15, 0.2) is 53.6 Å². The number of nitrogens with zero attached hydrogens (tertiary/aromatic N) is 4. The maximum absolute atomic E-state index is 13.0. The summed E-state index contributed by atoms with van der Waals surface area (Å²) in [4.78, 5) is 26.6. The smallest absolute Gasteiger partial charge is 0.257 e. The van der Waals surface area contributed by atoms with Crippen molar-refractivity contribution in [2.24, 2.45) is 0 Å². The molecule has 6 nitrogen and oxygen atoms in total. The lowest BCUT2D eigenvalue weighted by Crippen LogP contribution is -2.30. The Labute approximate surface area is 149 Å². The van der Waals surface area contributed by atoms with Gasteiger partial charge in [0.1, 0.15) is 23.9 Å². The van der Waals surface area contributed by atoms with Crippen LogP contribution in [0.1, 0.15) is 46.5 Å². The average Bonchev–Trinajstić information content (AvgIpc) is 3.33. The molecule has 1 aromatic carbocycles. The van der Waals surface area contributed by atoms with E-state index in [0.29, 0.717) is 30.2 Å². The van der Waals surface area contributed by atoms with Crippen LogP contribution < -0.4 is 0 Å². The molecule has 0 aliphatic carbocycles. The third-order valence-electron chi connectivity index (χ3n) is 4.47. The minimum Gasteiger partial charge on any atom is -0.443 e. The summed E-state index contributed by atoms with van der Waals surface area (Å²) >= 11 is 0. The number of aromatic nitrogens is 3. The van der Waals surface area contributed by atoms with Crippen LogP contribution in [0.25, 0.3) is 0 Å². The molecule has 3 aromatic rings. The van der Waals surface area contributed by atoms with Gasteiger partial charge >= 0.3 is 0 Å². The van der Waals surface area contributed by atoms with E-state index in [2.05, 4.69) is 15.0 Å². The number of oxazole rings is 1. The highest BCUT2D eigenvalue weighted by molar-refractivity contribution is 5.94. The van der Waals surface area contributed by atoms with E-state index in [9.17, 15) is 9.18 Å². The van der Waals surface area contributed by atoms with Crippen molar-refractivity contribution in [3.05, 3.63) is 77.8 Å². The Bertz CT molecular complexity index is 895. The largest absolute Gasteiger partial charge is 0.443 e. The Balaban J connectivity index is 1.51. The Morgan fingerprint density at radius 1 is 1.19 bits per heavy atom. The zero-order valence-corrected chi connectivity index (χ0v) is 14.0. The van der Waals surface area contributed by atoms with Gasteiger partial charge in [0, 0.05) is 25.4 Å². The summed E-state index contributed by atoms with van der Waals surface area (Å²) in [6.07, 6.45) is 8.32. The second-order valence-corrected chi connectivity index (χ2v) is 6.25. The van der Waals surface area contributed by atoms with Gasteiger partial charge in [-0.3, -0.25) is 4.79 Å². The number of likely N-dealkylation sites (tertiary alicyclic amines) is 1. The molecule has 0 N–H and O–H groups in total. The van der Waals surface area contributed by atoms with Crippen molar-refractivity contribution >= 4 is 5.91 Å². The molecule has 0 bridgehead atoms. The van der Waals surface area contributed by atoms with E-state index in [4.69, 9.17) is 4.42 Å². The molecule has 1 atom stereocenters. The molecule has 2 aromatic heterocycles. The van der Waals surface area contributed by atoms with Crippen molar-refractivity contribution in [1.29, 1.82) is 0 Å². The van der Waals surface area contributed by atoms with Gasteiger partial charge in [-0.05, 0) is 30.5 Å². The molecule has 1 fully saturated rings. The van der Waals surface area contributed by atoms with Gasteiger partial charge in [0.15, 0.2) is 0 Å². The molecule has 1 saturated heterocycles. The Morgan fingerprint density at radius 3 is 2.73 bits per heavy atom. The summed E-state index contributed by atoms with van der Waals surface area (Å²) in [7, 11) is 0. The molecule has 1 aliphatic heterocycles. The zero-order chi connectivity index (χ0) is 17.9. The molecule has 0 radical (unpaired) electrons. The predicted octanol–water partition coefficient (Wildman–Crippen LogP) is 3.17. The fraction of sp³-hybridized carbons (Fsp3) is 0.263. The molecule has 132 valence electrons. The molecule has 0 unspecified atom stereocenters. The first-order chi connectivity index (χ1) is 12.7. The second kappa shape index (κ2) is 7.03. The average molecular weight is 352 g/mol. The number of hydrogen-bond acceptors (Lipinski definition) is 5. The second-order valence-electron chi connectivity index (χ2n) is 6.25. The molecule has 1 amide bonds. The number of hydrogen-bond donors (Lipinski definition) is 0. The van der Waals surface area contributed by atoms with Gasteiger partial charge in [-0.1, -0.05) is 12.1 Å². The number of amides is 1. The maximum atomic E-state index is 13.0. The SMILES string of the molecule is O=C(c1cncnc1)N1CCC[C@H]1c1ncc(Cc2ccc(F)cc2)o1.